The molecule has 4 aromatic rings. The van der Waals surface area contributed by atoms with Gasteiger partial charge in [-0.3, -0.25) is 0 Å². The smallest absolute Gasteiger partial charge is 0.228 e. The van der Waals surface area contributed by atoms with E-state index in [1.165, 1.54) is 17.7 Å². The predicted octanol–water partition coefficient (Wildman–Crippen LogP) is 4.14. The van der Waals surface area contributed by atoms with Crippen molar-refractivity contribution in [3.63, 3.8) is 0 Å². The van der Waals surface area contributed by atoms with Gasteiger partial charge in [0.1, 0.15) is 22.8 Å². The molecule has 29 heavy (non-hydrogen) atoms. The number of aromatic nitrogens is 4. The summed E-state index contributed by atoms with van der Waals surface area (Å²) in [5, 5.41) is 11.5. The Morgan fingerprint density at radius 1 is 1.07 bits per heavy atom. The Bertz CT molecular complexity index is 1090. The lowest BCUT2D eigenvalue weighted by atomic mass is 10.3. The minimum Gasteiger partial charge on any atom is -0.400 e. The number of aryl methyl sites for hydroxylation is 1. The summed E-state index contributed by atoms with van der Waals surface area (Å²) in [4.78, 5) is 18.7. The van der Waals surface area contributed by atoms with Gasteiger partial charge < -0.3 is 19.9 Å². The number of aliphatic hydroxyl groups is 1. The Morgan fingerprint density at radius 2 is 1.83 bits per heavy atom. The number of rotatable bonds is 4. The lowest BCUT2D eigenvalue weighted by molar-refractivity contribution is 0.399. The highest BCUT2D eigenvalue weighted by Crippen LogP contribution is 2.32. The third-order valence-corrected chi connectivity index (χ3v) is 5.72. The molecule has 0 radical (unpaired) electrons. The van der Waals surface area contributed by atoms with E-state index in [1.54, 1.807) is 11.3 Å². The maximum absolute atomic E-state index is 7.00. The van der Waals surface area contributed by atoms with Crippen LogP contribution in [0.2, 0.25) is 0 Å². The molecule has 5 rings (SSSR count). The number of benzene rings is 1. The third-order valence-electron chi connectivity index (χ3n) is 4.78. The average Bonchev–Trinajstić information content (AvgIpc) is 3.50. The van der Waals surface area contributed by atoms with Gasteiger partial charge in [-0.25, -0.2) is 9.97 Å². The van der Waals surface area contributed by atoms with Crippen LogP contribution in [0.4, 0.5) is 17.6 Å². The van der Waals surface area contributed by atoms with Crippen LogP contribution in [0.5, 0.6) is 0 Å². The van der Waals surface area contributed by atoms with Gasteiger partial charge in [-0.05, 0) is 38.0 Å². The molecular weight excluding hydrogens is 384 g/mol. The van der Waals surface area contributed by atoms with E-state index in [-0.39, 0.29) is 0 Å². The molecule has 0 aliphatic carbocycles. The van der Waals surface area contributed by atoms with E-state index in [1.807, 2.05) is 35.3 Å². The van der Waals surface area contributed by atoms with Crippen LogP contribution in [0, 0.1) is 6.92 Å². The lowest BCUT2D eigenvalue weighted by Gasteiger charge is -2.16. The molecule has 1 aliphatic heterocycles. The van der Waals surface area contributed by atoms with E-state index in [4.69, 9.17) is 15.1 Å². The van der Waals surface area contributed by atoms with Gasteiger partial charge in [-0.2, -0.15) is 4.98 Å². The van der Waals surface area contributed by atoms with Crippen molar-refractivity contribution in [1.29, 1.82) is 0 Å². The van der Waals surface area contributed by atoms with Crippen LogP contribution in [0.25, 0.3) is 15.9 Å². The molecule has 0 amide bonds. The number of aliphatic hydroxyl groups excluding tert-OH is 1. The number of hydrogen-bond donors (Lipinski definition) is 2. The summed E-state index contributed by atoms with van der Waals surface area (Å²) >= 11 is 1.71. The SMILES string of the molecule is CO.Cc1cc2c(Nc3cn(-c4ccccc4)cn3)nc(N3CCCC3)nc2s1. The van der Waals surface area contributed by atoms with Crippen LogP contribution >= 0.6 is 11.3 Å². The number of nitrogens with zero attached hydrogens (tertiary/aromatic N) is 5. The fourth-order valence-electron chi connectivity index (χ4n) is 3.43. The highest BCUT2D eigenvalue weighted by molar-refractivity contribution is 7.18. The van der Waals surface area contributed by atoms with E-state index in [0.29, 0.717) is 0 Å². The molecule has 3 aromatic heterocycles. The number of thiophene rings is 1. The molecule has 0 spiro atoms. The van der Waals surface area contributed by atoms with E-state index < -0.39 is 0 Å². The van der Waals surface area contributed by atoms with Crippen molar-refractivity contribution in [3.05, 3.63) is 53.8 Å². The van der Waals surface area contributed by atoms with E-state index >= 15 is 0 Å². The van der Waals surface area contributed by atoms with E-state index in [0.717, 1.165) is 53.7 Å². The number of anilines is 3. The normalized spacial score (nSPS) is 13.4. The van der Waals surface area contributed by atoms with Crippen LogP contribution in [0.1, 0.15) is 17.7 Å². The molecule has 150 valence electrons. The van der Waals surface area contributed by atoms with Gasteiger partial charge in [0.05, 0.1) is 11.6 Å². The summed E-state index contributed by atoms with van der Waals surface area (Å²) in [5.41, 5.74) is 1.08. The summed E-state index contributed by atoms with van der Waals surface area (Å²) in [6, 6.07) is 12.3. The van der Waals surface area contributed by atoms with Gasteiger partial charge >= 0.3 is 0 Å². The van der Waals surface area contributed by atoms with Crippen LogP contribution in [-0.2, 0) is 0 Å². The summed E-state index contributed by atoms with van der Waals surface area (Å²) in [6.07, 6.45) is 6.21. The van der Waals surface area contributed by atoms with Crippen LogP contribution in [-0.4, -0.2) is 44.8 Å². The molecule has 1 aromatic carbocycles. The summed E-state index contributed by atoms with van der Waals surface area (Å²) in [5.74, 6) is 2.41. The molecular formula is C21H24N6OS. The zero-order valence-electron chi connectivity index (χ0n) is 16.5. The van der Waals surface area contributed by atoms with Gasteiger partial charge in [0.25, 0.3) is 0 Å². The highest BCUT2D eigenvalue weighted by atomic mass is 32.1. The van der Waals surface area contributed by atoms with Gasteiger partial charge in [-0.15, -0.1) is 11.3 Å². The number of hydrogen-bond acceptors (Lipinski definition) is 7. The summed E-state index contributed by atoms with van der Waals surface area (Å²) < 4.78 is 2.00. The molecule has 0 bridgehead atoms. The number of nitrogens with one attached hydrogen (secondary N) is 1. The minimum absolute atomic E-state index is 0.773. The van der Waals surface area contributed by atoms with Crippen molar-refractivity contribution in [3.8, 4) is 5.69 Å². The first kappa shape index (κ1) is 19.4. The summed E-state index contributed by atoms with van der Waals surface area (Å²) in [7, 11) is 1.00. The van der Waals surface area contributed by atoms with Crippen molar-refractivity contribution in [2.45, 2.75) is 19.8 Å². The number of para-hydroxylation sites is 1. The zero-order chi connectivity index (χ0) is 20.2. The topological polar surface area (TPSA) is 79.1 Å². The highest BCUT2D eigenvalue weighted by Gasteiger charge is 2.19. The molecule has 0 atom stereocenters. The largest absolute Gasteiger partial charge is 0.400 e. The van der Waals surface area contributed by atoms with Crippen LogP contribution in [0.15, 0.2) is 48.9 Å². The second kappa shape index (κ2) is 8.59. The number of fused-ring (bicyclic) bond motifs is 1. The Labute approximate surface area is 173 Å². The van der Waals surface area contributed by atoms with Crippen molar-refractivity contribution < 1.29 is 5.11 Å². The first-order chi connectivity index (χ1) is 14.3. The van der Waals surface area contributed by atoms with Gasteiger partial charge in [0, 0.05) is 30.8 Å². The predicted molar refractivity (Wildman–Crippen MR) is 119 cm³/mol. The second-order valence-electron chi connectivity index (χ2n) is 6.77. The fraction of sp³-hybridized carbons (Fsp3) is 0.286. The monoisotopic (exact) mass is 408 g/mol. The average molecular weight is 409 g/mol. The van der Waals surface area contributed by atoms with E-state index in [9.17, 15) is 0 Å². The van der Waals surface area contributed by atoms with Gasteiger partial charge in [-0.1, -0.05) is 18.2 Å². The molecule has 7 nitrogen and oxygen atoms in total. The quantitative estimate of drug-likeness (QED) is 0.528. The molecule has 1 fully saturated rings. The van der Waals surface area contributed by atoms with Gasteiger partial charge in [0.2, 0.25) is 5.95 Å². The van der Waals surface area contributed by atoms with Crippen LogP contribution in [0.3, 0.4) is 0 Å². The van der Waals surface area contributed by atoms with Crippen molar-refractivity contribution >= 4 is 39.1 Å². The van der Waals surface area contributed by atoms with Crippen molar-refractivity contribution in [1.82, 2.24) is 19.5 Å². The second-order valence-corrected chi connectivity index (χ2v) is 8.00. The molecule has 8 heteroatoms. The van der Waals surface area contributed by atoms with Crippen LogP contribution < -0.4 is 10.2 Å². The molecule has 0 saturated carbocycles. The first-order valence-corrected chi connectivity index (χ1v) is 10.4. The van der Waals surface area contributed by atoms with E-state index in [2.05, 4.69) is 40.3 Å². The lowest BCUT2D eigenvalue weighted by Crippen LogP contribution is -2.20. The Balaban J connectivity index is 0.000000994. The van der Waals surface area contributed by atoms with Crippen molar-refractivity contribution in [2.24, 2.45) is 0 Å². The third kappa shape index (κ3) is 4.08. The fourth-order valence-corrected chi connectivity index (χ4v) is 4.31. The molecule has 1 saturated heterocycles. The summed E-state index contributed by atoms with van der Waals surface area (Å²) in [6.45, 7) is 4.16. The molecule has 2 N–H and O–H groups in total. The molecule has 1 aliphatic rings. The Morgan fingerprint density at radius 3 is 2.59 bits per heavy atom. The Kier molecular flexibility index (Phi) is 5.73. The Hall–Kier alpha value is -2.97. The maximum Gasteiger partial charge on any atom is 0.228 e. The standard InChI is InChI=1S/C20H20N6S.CH4O/c1-14-11-16-18(23-20(24-19(16)27-14)25-9-5-6-10-25)22-17-12-26(13-21-17)15-7-3-2-4-8-15;1-2/h2-4,7-8,11-13H,5-6,9-10H2,1H3,(H,22,23,24);2H,1H3. The maximum atomic E-state index is 7.00. The van der Waals surface area contributed by atoms with Crippen molar-refractivity contribution in [2.75, 3.05) is 30.4 Å². The minimum atomic E-state index is 0.773. The van der Waals surface area contributed by atoms with Gasteiger partial charge in [0.15, 0.2) is 0 Å². The first-order valence-electron chi connectivity index (χ1n) is 9.60. The molecule has 4 heterocycles. The zero-order valence-corrected chi connectivity index (χ0v) is 17.4. The number of imidazole rings is 1. The molecule has 0 unspecified atom stereocenters.